The van der Waals surface area contributed by atoms with E-state index >= 15 is 0 Å². The van der Waals surface area contributed by atoms with Crippen molar-refractivity contribution in [3.8, 4) is 33.8 Å². The van der Waals surface area contributed by atoms with Crippen LogP contribution in [0.15, 0.2) is 116 Å². The Morgan fingerprint density at radius 1 is 0.694 bits per heavy atom. The van der Waals surface area contributed by atoms with Gasteiger partial charge in [0.15, 0.2) is 0 Å². The fraction of sp³-hybridized carbons (Fsp3) is 0.309. The van der Waals surface area contributed by atoms with Crippen LogP contribution >= 0.6 is 23.2 Å². The standard InChI is InChI=1S/C55H60Cl2N10O5/c1-7-71-50-27-37(15-17-42(50)35-11-9-13-40(56)25-35)54(68)66(5)48(19-21-58-3)46-33-60-31-44-47(62-64-53(44)46)34-70-24-23-65(4)22-20-49(45-32-59-29-39-30-61-63-52(39)45)67(6)55(69)38-16-18-43(51(28-38)72-8-2)36-12-10-14-41(57)26-36/h9-18,25-33,48-49,58H,7-8,19-24,34H2,1-6H3,(H,61,63)(H,62,64)/t48-,49-/m1/s1. The first-order valence-corrected chi connectivity index (χ1v) is 24.8. The van der Waals surface area contributed by atoms with Crippen molar-refractivity contribution in [2.75, 3.05) is 67.6 Å². The van der Waals surface area contributed by atoms with Gasteiger partial charge in [0, 0.05) is 106 Å². The summed E-state index contributed by atoms with van der Waals surface area (Å²) in [5, 5.41) is 21.5. The first-order chi connectivity index (χ1) is 35.0. The van der Waals surface area contributed by atoms with E-state index in [2.05, 4.69) is 35.5 Å². The van der Waals surface area contributed by atoms with Crippen molar-refractivity contribution in [1.82, 2.24) is 50.4 Å². The Labute approximate surface area is 429 Å². The Morgan fingerprint density at radius 2 is 1.29 bits per heavy atom. The highest BCUT2D eigenvalue weighted by molar-refractivity contribution is 6.31. The molecule has 0 aliphatic rings. The van der Waals surface area contributed by atoms with Crippen LogP contribution in [0.1, 0.15) is 76.3 Å². The molecule has 17 heteroatoms. The van der Waals surface area contributed by atoms with Crippen LogP contribution in [-0.4, -0.2) is 125 Å². The molecule has 0 radical (unpaired) electrons. The van der Waals surface area contributed by atoms with Crippen LogP contribution in [0.4, 0.5) is 0 Å². The average Bonchev–Trinajstić information content (AvgIpc) is 4.06. The van der Waals surface area contributed by atoms with Crippen LogP contribution in [-0.2, 0) is 11.3 Å². The molecule has 0 fully saturated rings. The quantitative estimate of drug-likeness (QED) is 0.0522. The van der Waals surface area contributed by atoms with E-state index in [4.69, 9.17) is 42.5 Å². The van der Waals surface area contributed by atoms with Gasteiger partial charge in [0.25, 0.3) is 11.8 Å². The summed E-state index contributed by atoms with van der Waals surface area (Å²) in [7, 11) is 7.57. The zero-order valence-corrected chi connectivity index (χ0v) is 42.9. The Morgan fingerprint density at radius 3 is 1.89 bits per heavy atom. The summed E-state index contributed by atoms with van der Waals surface area (Å²) in [6.45, 7) is 7.34. The number of ether oxygens (including phenoxy) is 3. The molecule has 2 atom stereocenters. The van der Waals surface area contributed by atoms with Crippen LogP contribution in [0.2, 0.25) is 10.0 Å². The van der Waals surface area contributed by atoms with Crippen molar-refractivity contribution in [3.05, 3.63) is 154 Å². The summed E-state index contributed by atoms with van der Waals surface area (Å²) in [6.07, 6.45) is 10.1. The second-order valence-corrected chi connectivity index (χ2v) is 18.5. The minimum Gasteiger partial charge on any atom is -0.493 e. The first-order valence-electron chi connectivity index (χ1n) is 24.1. The van der Waals surface area contributed by atoms with Gasteiger partial charge < -0.3 is 34.2 Å². The Bertz CT molecular complexity index is 3140. The molecule has 0 bridgehead atoms. The maximum atomic E-state index is 14.4. The van der Waals surface area contributed by atoms with E-state index in [1.807, 2.05) is 115 Å². The van der Waals surface area contributed by atoms with Crippen LogP contribution < -0.4 is 14.8 Å². The zero-order valence-electron chi connectivity index (χ0n) is 41.4. The van der Waals surface area contributed by atoms with Crippen molar-refractivity contribution in [2.24, 2.45) is 0 Å². The third-order valence-electron chi connectivity index (χ3n) is 12.9. The molecule has 72 heavy (non-hydrogen) atoms. The summed E-state index contributed by atoms with van der Waals surface area (Å²) in [5.74, 6) is 0.887. The third kappa shape index (κ3) is 11.7. The van der Waals surface area contributed by atoms with Gasteiger partial charge in [0.05, 0.1) is 55.9 Å². The van der Waals surface area contributed by atoms with E-state index in [-0.39, 0.29) is 30.5 Å². The van der Waals surface area contributed by atoms with Gasteiger partial charge >= 0.3 is 0 Å². The van der Waals surface area contributed by atoms with Gasteiger partial charge in [0.2, 0.25) is 0 Å². The molecule has 0 saturated heterocycles. The van der Waals surface area contributed by atoms with Crippen molar-refractivity contribution >= 4 is 56.8 Å². The molecule has 8 aromatic rings. The fourth-order valence-electron chi connectivity index (χ4n) is 9.08. The maximum absolute atomic E-state index is 14.4. The number of carbonyl (C=O) groups is 2. The number of halogens is 2. The molecule has 4 aromatic carbocycles. The molecule has 0 saturated carbocycles. The number of amides is 2. The molecule has 8 rings (SSSR count). The first kappa shape index (κ1) is 51.5. The molecular formula is C55H60Cl2N10O5. The van der Waals surface area contributed by atoms with E-state index < -0.39 is 0 Å². The number of pyridine rings is 2. The van der Waals surface area contributed by atoms with E-state index in [0.717, 1.165) is 60.9 Å². The van der Waals surface area contributed by atoms with Crippen molar-refractivity contribution in [2.45, 2.75) is 45.4 Å². The largest absolute Gasteiger partial charge is 0.493 e. The molecule has 4 heterocycles. The molecule has 0 unspecified atom stereocenters. The number of benzene rings is 4. The van der Waals surface area contributed by atoms with Gasteiger partial charge in [-0.15, -0.1) is 0 Å². The summed E-state index contributed by atoms with van der Waals surface area (Å²) in [6, 6.07) is 25.5. The number of hydrogen-bond acceptors (Lipinski definition) is 11. The number of rotatable bonds is 23. The zero-order chi connectivity index (χ0) is 50.7. The minimum atomic E-state index is -0.350. The van der Waals surface area contributed by atoms with Gasteiger partial charge in [-0.25, -0.2) is 0 Å². The van der Waals surface area contributed by atoms with Crippen molar-refractivity contribution < 1.29 is 23.8 Å². The van der Waals surface area contributed by atoms with E-state index in [1.165, 1.54) is 0 Å². The molecule has 374 valence electrons. The minimum absolute atomic E-state index is 0.159. The predicted octanol–water partition coefficient (Wildman–Crippen LogP) is 10.4. The van der Waals surface area contributed by atoms with Gasteiger partial charge in [-0.3, -0.25) is 29.8 Å². The third-order valence-corrected chi connectivity index (χ3v) is 13.4. The highest BCUT2D eigenvalue weighted by Gasteiger charge is 2.29. The summed E-state index contributed by atoms with van der Waals surface area (Å²) < 4.78 is 18.4. The van der Waals surface area contributed by atoms with Gasteiger partial charge in [-0.1, -0.05) is 47.5 Å². The number of hydrogen-bond donors (Lipinski definition) is 3. The van der Waals surface area contributed by atoms with E-state index in [9.17, 15) is 9.59 Å². The number of nitrogens with zero attached hydrogens (tertiary/aromatic N) is 7. The van der Waals surface area contributed by atoms with Gasteiger partial charge in [-0.2, -0.15) is 10.2 Å². The van der Waals surface area contributed by atoms with Crippen LogP contribution in [0, 0.1) is 0 Å². The lowest BCUT2D eigenvalue weighted by Gasteiger charge is -2.30. The highest BCUT2D eigenvalue weighted by Crippen LogP contribution is 2.37. The molecule has 2 amide bonds. The normalized spacial score (nSPS) is 12.3. The maximum Gasteiger partial charge on any atom is 0.254 e. The van der Waals surface area contributed by atoms with Crippen LogP contribution in [0.5, 0.6) is 11.5 Å². The highest BCUT2D eigenvalue weighted by atomic mass is 35.5. The number of H-pyrrole nitrogens is 2. The average molecular weight is 1010 g/mol. The Hall–Kier alpha value is -6.88. The Kier molecular flexibility index (Phi) is 17.2. The van der Waals surface area contributed by atoms with E-state index in [0.29, 0.717) is 85.0 Å². The number of carbonyl (C=O) groups excluding carboxylic acids is 2. The van der Waals surface area contributed by atoms with Crippen LogP contribution in [0.25, 0.3) is 44.1 Å². The fourth-order valence-corrected chi connectivity index (χ4v) is 9.46. The second kappa shape index (κ2) is 24.0. The van der Waals surface area contributed by atoms with Gasteiger partial charge in [-0.05, 0) is 119 Å². The predicted molar refractivity (Wildman–Crippen MR) is 284 cm³/mol. The molecular weight excluding hydrogens is 952 g/mol. The summed E-state index contributed by atoms with van der Waals surface area (Å²) in [5.41, 5.74) is 8.54. The smallest absolute Gasteiger partial charge is 0.254 e. The number of likely N-dealkylation sites (N-methyl/N-ethyl adjacent to an activating group) is 1. The number of nitrogens with one attached hydrogen (secondary N) is 3. The van der Waals surface area contributed by atoms with Gasteiger partial charge in [0.1, 0.15) is 17.0 Å². The molecule has 0 spiro atoms. The molecule has 0 aliphatic heterocycles. The second-order valence-electron chi connectivity index (χ2n) is 17.6. The SMILES string of the molecule is CCOc1cc(C(=O)N(C)[C@H](CCNC)c2cncc3c(COCCN(C)CC[C@H](c4cncc5cn[nH]c45)N(C)C(=O)c4ccc(-c5cccc(Cl)c5)c(OCC)c4)[nH]nc23)ccc1-c1cccc(Cl)c1. The molecule has 15 nitrogen and oxygen atoms in total. The summed E-state index contributed by atoms with van der Waals surface area (Å²) >= 11 is 12.7. The monoisotopic (exact) mass is 1010 g/mol. The Balaban J connectivity index is 0.930. The number of aromatic amines is 2. The lowest BCUT2D eigenvalue weighted by molar-refractivity contribution is 0.0697. The number of fused-ring (bicyclic) bond motifs is 2. The summed E-state index contributed by atoms with van der Waals surface area (Å²) in [4.78, 5) is 43.5. The van der Waals surface area contributed by atoms with Crippen LogP contribution in [0.3, 0.4) is 0 Å². The molecule has 3 N–H and O–H groups in total. The lowest BCUT2D eigenvalue weighted by atomic mass is 9.99. The van der Waals surface area contributed by atoms with Crippen molar-refractivity contribution in [3.63, 3.8) is 0 Å². The van der Waals surface area contributed by atoms with E-state index in [1.54, 1.807) is 52.9 Å². The van der Waals surface area contributed by atoms with Crippen molar-refractivity contribution in [1.29, 1.82) is 0 Å². The topological polar surface area (TPSA) is 167 Å². The molecule has 0 aliphatic carbocycles. The number of aromatic nitrogens is 6. The molecule has 4 aromatic heterocycles. The lowest BCUT2D eigenvalue weighted by Crippen LogP contribution is -2.34.